The van der Waals surface area contributed by atoms with Crippen molar-refractivity contribution in [3.05, 3.63) is 41.7 Å². The molecule has 1 aromatic heterocycles. The summed E-state index contributed by atoms with van der Waals surface area (Å²) < 4.78 is 1.88. The molecule has 1 aliphatic carbocycles. The highest BCUT2D eigenvalue weighted by Crippen LogP contribution is 2.33. The molecular weight excluding hydrogens is 282 g/mol. The van der Waals surface area contributed by atoms with E-state index in [4.69, 9.17) is 11.6 Å². The molecule has 112 valence electrons. The Morgan fingerprint density at radius 2 is 2.14 bits per heavy atom. The summed E-state index contributed by atoms with van der Waals surface area (Å²) in [5, 5.41) is 8.81. The second-order valence-corrected chi connectivity index (χ2v) is 6.57. The molecule has 3 rings (SSSR count). The Morgan fingerprint density at radius 1 is 1.29 bits per heavy atom. The first-order valence-electron chi connectivity index (χ1n) is 7.71. The van der Waals surface area contributed by atoms with Gasteiger partial charge in [-0.25, -0.2) is 4.68 Å². The number of benzene rings is 1. The van der Waals surface area contributed by atoms with Crippen LogP contribution in [0.3, 0.4) is 0 Å². The number of nitrogens with one attached hydrogen (secondary N) is 1. The summed E-state index contributed by atoms with van der Waals surface area (Å²) in [5.41, 5.74) is 2.12. The van der Waals surface area contributed by atoms with E-state index in [0.717, 1.165) is 22.3 Å². The van der Waals surface area contributed by atoms with E-state index in [2.05, 4.69) is 24.3 Å². The normalized spacial score (nSPS) is 25.8. The van der Waals surface area contributed by atoms with Crippen molar-refractivity contribution in [2.75, 3.05) is 5.32 Å². The van der Waals surface area contributed by atoms with Gasteiger partial charge in [0.05, 0.1) is 11.4 Å². The summed E-state index contributed by atoms with van der Waals surface area (Å²) in [6.45, 7) is 4.70. The highest BCUT2D eigenvalue weighted by molar-refractivity contribution is 6.31. The van der Waals surface area contributed by atoms with Gasteiger partial charge in [0.2, 0.25) is 0 Å². The Bertz CT molecular complexity index is 594. The average molecular weight is 304 g/mol. The largest absolute Gasteiger partial charge is 0.380 e. The number of aromatic nitrogens is 2. The predicted octanol–water partition coefficient (Wildman–Crippen LogP) is 4.76. The van der Waals surface area contributed by atoms with Gasteiger partial charge in [0.1, 0.15) is 0 Å². The van der Waals surface area contributed by atoms with E-state index in [0.29, 0.717) is 12.0 Å². The van der Waals surface area contributed by atoms with Gasteiger partial charge in [0.15, 0.2) is 0 Å². The van der Waals surface area contributed by atoms with Crippen LogP contribution in [0.25, 0.3) is 5.69 Å². The van der Waals surface area contributed by atoms with Crippen LogP contribution in [0.2, 0.25) is 5.02 Å². The van der Waals surface area contributed by atoms with Crippen LogP contribution in [-0.4, -0.2) is 15.8 Å². The number of hydrogen-bond donors (Lipinski definition) is 1. The molecule has 4 heteroatoms. The molecule has 0 amide bonds. The fourth-order valence-electron chi connectivity index (χ4n) is 3.22. The van der Waals surface area contributed by atoms with Gasteiger partial charge in [-0.3, -0.25) is 0 Å². The van der Waals surface area contributed by atoms with Crippen LogP contribution >= 0.6 is 11.6 Å². The highest BCUT2D eigenvalue weighted by atomic mass is 35.5. The van der Waals surface area contributed by atoms with Crippen LogP contribution in [0.15, 0.2) is 36.7 Å². The van der Waals surface area contributed by atoms with Crippen molar-refractivity contribution in [1.29, 1.82) is 0 Å². The van der Waals surface area contributed by atoms with Gasteiger partial charge in [0, 0.05) is 23.5 Å². The zero-order valence-corrected chi connectivity index (χ0v) is 13.3. The van der Waals surface area contributed by atoms with Crippen molar-refractivity contribution < 1.29 is 0 Å². The molecule has 0 saturated heterocycles. The second-order valence-electron chi connectivity index (χ2n) is 6.13. The minimum absolute atomic E-state index is 0.501. The lowest BCUT2D eigenvalue weighted by Gasteiger charge is -2.35. The summed E-state index contributed by atoms with van der Waals surface area (Å²) in [5.74, 6) is 1.44. The summed E-state index contributed by atoms with van der Waals surface area (Å²) >= 11 is 6.19. The van der Waals surface area contributed by atoms with Gasteiger partial charge >= 0.3 is 0 Å². The third-order valence-corrected chi connectivity index (χ3v) is 4.99. The molecule has 1 heterocycles. The molecule has 3 unspecified atom stereocenters. The van der Waals surface area contributed by atoms with Gasteiger partial charge in [0.25, 0.3) is 0 Å². The molecule has 2 aromatic rings. The SMILES string of the molecule is CC1CCCC(Nc2cc(Cl)ccc2-n2cccn2)C1C. The van der Waals surface area contributed by atoms with E-state index in [1.165, 1.54) is 19.3 Å². The number of anilines is 1. The van der Waals surface area contributed by atoms with E-state index in [-0.39, 0.29) is 0 Å². The average Bonchev–Trinajstić information content (AvgIpc) is 2.98. The Balaban J connectivity index is 1.89. The summed E-state index contributed by atoms with van der Waals surface area (Å²) in [4.78, 5) is 0. The molecule has 3 nitrogen and oxygen atoms in total. The Morgan fingerprint density at radius 3 is 2.90 bits per heavy atom. The van der Waals surface area contributed by atoms with Gasteiger partial charge < -0.3 is 5.32 Å². The summed E-state index contributed by atoms with van der Waals surface area (Å²) in [6.07, 6.45) is 7.60. The van der Waals surface area contributed by atoms with Gasteiger partial charge in [-0.05, 0) is 42.5 Å². The van der Waals surface area contributed by atoms with Crippen molar-refractivity contribution in [3.63, 3.8) is 0 Å². The molecule has 1 fully saturated rings. The quantitative estimate of drug-likeness (QED) is 0.885. The first-order chi connectivity index (χ1) is 10.1. The van der Waals surface area contributed by atoms with Crippen molar-refractivity contribution in [2.24, 2.45) is 11.8 Å². The first-order valence-corrected chi connectivity index (χ1v) is 8.09. The number of hydrogen-bond acceptors (Lipinski definition) is 2. The third-order valence-electron chi connectivity index (χ3n) is 4.76. The van der Waals surface area contributed by atoms with Crippen molar-refractivity contribution >= 4 is 17.3 Å². The number of nitrogens with zero attached hydrogens (tertiary/aromatic N) is 2. The minimum Gasteiger partial charge on any atom is -0.380 e. The molecule has 1 saturated carbocycles. The smallest absolute Gasteiger partial charge is 0.0877 e. The van der Waals surface area contributed by atoms with E-state index in [1.54, 1.807) is 6.20 Å². The van der Waals surface area contributed by atoms with E-state index < -0.39 is 0 Å². The molecule has 0 radical (unpaired) electrons. The van der Waals surface area contributed by atoms with Crippen LogP contribution in [0.1, 0.15) is 33.1 Å². The lowest BCUT2D eigenvalue weighted by atomic mass is 9.78. The molecule has 1 aromatic carbocycles. The van der Waals surface area contributed by atoms with E-state index in [9.17, 15) is 0 Å². The monoisotopic (exact) mass is 303 g/mol. The standard InChI is InChI=1S/C17H22ClN3/c1-12-5-3-6-15(13(12)2)20-16-11-14(18)7-8-17(16)21-10-4-9-19-21/h4,7-13,15,20H,3,5-6H2,1-2H3. The summed E-state index contributed by atoms with van der Waals surface area (Å²) in [7, 11) is 0. The molecule has 0 spiro atoms. The second kappa shape index (κ2) is 6.10. The zero-order chi connectivity index (χ0) is 14.8. The predicted molar refractivity (Wildman–Crippen MR) is 88.2 cm³/mol. The highest BCUT2D eigenvalue weighted by Gasteiger charge is 2.27. The maximum absolute atomic E-state index is 6.19. The summed E-state index contributed by atoms with van der Waals surface area (Å²) in [6, 6.07) is 8.38. The topological polar surface area (TPSA) is 29.9 Å². The lowest BCUT2D eigenvalue weighted by Crippen LogP contribution is -2.35. The van der Waals surface area contributed by atoms with E-state index >= 15 is 0 Å². The molecule has 0 aliphatic heterocycles. The molecule has 3 atom stereocenters. The molecule has 0 bridgehead atoms. The third kappa shape index (κ3) is 3.08. The molecule has 21 heavy (non-hydrogen) atoms. The van der Waals surface area contributed by atoms with Crippen molar-refractivity contribution in [2.45, 2.75) is 39.2 Å². The van der Waals surface area contributed by atoms with Gasteiger partial charge in [-0.2, -0.15) is 5.10 Å². The van der Waals surface area contributed by atoms with Gasteiger partial charge in [-0.1, -0.05) is 38.3 Å². The lowest BCUT2D eigenvalue weighted by molar-refractivity contribution is 0.253. The van der Waals surface area contributed by atoms with Crippen LogP contribution in [0.5, 0.6) is 0 Å². The van der Waals surface area contributed by atoms with Crippen LogP contribution in [-0.2, 0) is 0 Å². The Kier molecular flexibility index (Phi) is 4.20. The van der Waals surface area contributed by atoms with Crippen LogP contribution < -0.4 is 5.32 Å². The first kappa shape index (κ1) is 14.5. The fraction of sp³-hybridized carbons (Fsp3) is 0.471. The van der Waals surface area contributed by atoms with Crippen molar-refractivity contribution in [3.8, 4) is 5.69 Å². The Labute approximate surface area is 131 Å². The molecule has 1 N–H and O–H groups in total. The number of rotatable bonds is 3. The van der Waals surface area contributed by atoms with Gasteiger partial charge in [-0.15, -0.1) is 0 Å². The fourth-order valence-corrected chi connectivity index (χ4v) is 3.39. The Hall–Kier alpha value is -1.48. The molecule has 1 aliphatic rings. The van der Waals surface area contributed by atoms with E-state index in [1.807, 2.05) is 35.1 Å². The number of halogens is 1. The van der Waals surface area contributed by atoms with Crippen LogP contribution in [0.4, 0.5) is 5.69 Å². The zero-order valence-electron chi connectivity index (χ0n) is 12.6. The maximum Gasteiger partial charge on any atom is 0.0877 e. The van der Waals surface area contributed by atoms with Crippen LogP contribution in [0, 0.1) is 11.8 Å². The van der Waals surface area contributed by atoms with Crippen molar-refractivity contribution in [1.82, 2.24) is 9.78 Å². The maximum atomic E-state index is 6.19. The molecular formula is C17H22ClN3. The minimum atomic E-state index is 0.501.